The highest BCUT2D eigenvalue weighted by atomic mass is 16.1. The minimum Gasteiger partial charge on any atom is -0.351 e. The van der Waals surface area contributed by atoms with E-state index >= 15 is 0 Å². The molecule has 1 N–H and O–H groups in total. The molecule has 5 heteroatoms. The van der Waals surface area contributed by atoms with Gasteiger partial charge in [0.25, 0.3) is 5.91 Å². The summed E-state index contributed by atoms with van der Waals surface area (Å²) in [5, 5.41) is 16.1. The van der Waals surface area contributed by atoms with E-state index in [0.717, 1.165) is 17.7 Å². The van der Waals surface area contributed by atoms with Gasteiger partial charge in [-0.25, -0.2) is 4.68 Å². The van der Waals surface area contributed by atoms with Crippen molar-refractivity contribution in [2.75, 3.05) is 6.54 Å². The number of carbonyl (C=O) groups excluding carboxylic acids is 1. The molecule has 0 aliphatic heterocycles. The highest BCUT2D eigenvalue weighted by molar-refractivity contribution is 6.01. The quantitative estimate of drug-likeness (QED) is 0.680. The van der Waals surface area contributed by atoms with E-state index in [1.807, 2.05) is 44.2 Å². The summed E-state index contributed by atoms with van der Waals surface area (Å²) in [5.41, 5.74) is 2.86. The van der Waals surface area contributed by atoms with Crippen molar-refractivity contribution in [3.63, 3.8) is 0 Å². The monoisotopic (exact) mass is 294 g/mol. The molecule has 0 saturated heterocycles. The predicted molar refractivity (Wildman–Crippen MR) is 85.2 cm³/mol. The molecular formula is C17H18N4O. The van der Waals surface area contributed by atoms with Gasteiger partial charge < -0.3 is 5.32 Å². The number of nitrogens with one attached hydrogen (secondary N) is 1. The molecule has 0 aliphatic rings. The van der Waals surface area contributed by atoms with E-state index in [0.29, 0.717) is 12.1 Å². The summed E-state index contributed by atoms with van der Waals surface area (Å²) in [4.78, 5) is 11.8. The number of aromatic nitrogens is 2. The molecular weight excluding hydrogens is 276 g/mol. The summed E-state index contributed by atoms with van der Waals surface area (Å²) in [6.45, 7) is 4.52. The van der Waals surface area contributed by atoms with Crippen LogP contribution in [-0.2, 0) is 4.79 Å². The lowest BCUT2D eigenvalue weighted by Crippen LogP contribution is -2.25. The van der Waals surface area contributed by atoms with Crippen LogP contribution in [0.3, 0.4) is 0 Å². The van der Waals surface area contributed by atoms with Gasteiger partial charge in [-0.15, -0.1) is 0 Å². The Kier molecular flexibility index (Phi) is 5.10. The Morgan fingerprint density at radius 1 is 1.45 bits per heavy atom. The Bertz CT molecular complexity index is 737. The van der Waals surface area contributed by atoms with Crippen molar-refractivity contribution in [2.24, 2.45) is 0 Å². The second-order valence-corrected chi connectivity index (χ2v) is 4.93. The van der Waals surface area contributed by atoms with Gasteiger partial charge in [-0.3, -0.25) is 4.79 Å². The zero-order chi connectivity index (χ0) is 15.9. The smallest absolute Gasteiger partial charge is 0.261 e. The third-order valence-electron chi connectivity index (χ3n) is 3.18. The van der Waals surface area contributed by atoms with Crippen molar-refractivity contribution in [3.8, 4) is 11.8 Å². The molecule has 0 fully saturated rings. The molecule has 0 bridgehead atoms. The zero-order valence-electron chi connectivity index (χ0n) is 12.7. The summed E-state index contributed by atoms with van der Waals surface area (Å²) in [6.07, 6.45) is 5.81. The van der Waals surface area contributed by atoms with Gasteiger partial charge in [0.2, 0.25) is 0 Å². The summed E-state index contributed by atoms with van der Waals surface area (Å²) in [5.74, 6) is -0.354. The number of nitrogens with zero attached hydrogens (tertiary/aromatic N) is 3. The van der Waals surface area contributed by atoms with Gasteiger partial charge in [-0.05, 0) is 31.1 Å². The molecule has 2 aromatic rings. The van der Waals surface area contributed by atoms with Crippen molar-refractivity contribution in [1.29, 1.82) is 5.26 Å². The average Bonchev–Trinajstić information content (AvgIpc) is 2.99. The third kappa shape index (κ3) is 3.61. The average molecular weight is 294 g/mol. The van der Waals surface area contributed by atoms with Crippen LogP contribution in [0.5, 0.6) is 0 Å². The number of aryl methyl sites for hydroxylation is 1. The predicted octanol–water partition coefficient (Wildman–Crippen LogP) is 2.61. The van der Waals surface area contributed by atoms with Gasteiger partial charge in [-0.2, -0.15) is 10.4 Å². The van der Waals surface area contributed by atoms with E-state index in [1.165, 1.54) is 0 Å². The number of nitriles is 1. The van der Waals surface area contributed by atoms with E-state index in [-0.39, 0.29) is 11.5 Å². The highest BCUT2D eigenvalue weighted by Gasteiger charge is 2.09. The molecule has 1 heterocycles. The normalized spacial score (nSPS) is 11.0. The minimum atomic E-state index is -0.354. The third-order valence-corrected chi connectivity index (χ3v) is 3.18. The fraction of sp³-hybridized carbons (Fsp3) is 0.235. The Balaban J connectivity index is 2.24. The zero-order valence-corrected chi connectivity index (χ0v) is 12.7. The molecule has 2 rings (SSSR count). The number of rotatable bonds is 5. The van der Waals surface area contributed by atoms with Crippen LogP contribution in [0.1, 0.15) is 24.5 Å². The summed E-state index contributed by atoms with van der Waals surface area (Å²) in [7, 11) is 0. The number of carbonyl (C=O) groups is 1. The van der Waals surface area contributed by atoms with Crippen LogP contribution in [0, 0.1) is 18.3 Å². The van der Waals surface area contributed by atoms with E-state index in [1.54, 1.807) is 23.2 Å². The molecule has 0 spiro atoms. The van der Waals surface area contributed by atoms with Crippen LogP contribution < -0.4 is 5.32 Å². The van der Waals surface area contributed by atoms with Gasteiger partial charge in [0.05, 0.1) is 11.9 Å². The molecule has 1 amide bonds. The summed E-state index contributed by atoms with van der Waals surface area (Å²) < 4.78 is 1.74. The molecule has 22 heavy (non-hydrogen) atoms. The number of para-hydroxylation sites is 1. The van der Waals surface area contributed by atoms with Gasteiger partial charge in [-0.1, -0.05) is 25.1 Å². The first-order valence-electron chi connectivity index (χ1n) is 7.16. The second kappa shape index (κ2) is 7.23. The Morgan fingerprint density at radius 3 is 2.91 bits per heavy atom. The van der Waals surface area contributed by atoms with Crippen LogP contribution in [0.4, 0.5) is 0 Å². The molecule has 1 aromatic heterocycles. The lowest BCUT2D eigenvalue weighted by Gasteiger charge is -2.04. The fourth-order valence-electron chi connectivity index (χ4n) is 2.01. The molecule has 0 saturated carbocycles. The lowest BCUT2D eigenvalue weighted by molar-refractivity contribution is -0.117. The summed E-state index contributed by atoms with van der Waals surface area (Å²) >= 11 is 0. The van der Waals surface area contributed by atoms with Crippen molar-refractivity contribution < 1.29 is 4.79 Å². The summed E-state index contributed by atoms with van der Waals surface area (Å²) in [6, 6.07) is 9.81. The van der Waals surface area contributed by atoms with Crippen LogP contribution in [-0.4, -0.2) is 22.2 Å². The SMILES string of the molecule is CCCNC(=O)/C(C#N)=C/c1cnn(-c2ccccc2C)c1. The van der Waals surface area contributed by atoms with Gasteiger partial charge in [0, 0.05) is 18.3 Å². The molecule has 1 aromatic carbocycles. The van der Waals surface area contributed by atoms with E-state index in [9.17, 15) is 4.79 Å². The first-order valence-corrected chi connectivity index (χ1v) is 7.16. The van der Waals surface area contributed by atoms with E-state index in [2.05, 4.69) is 10.4 Å². The van der Waals surface area contributed by atoms with Gasteiger partial charge >= 0.3 is 0 Å². The Labute approximate surface area is 129 Å². The van der Waals surface area contributed by atoms with E-state index in [4.69, 9.17) is 5.26 Å². The molecule has 112 valence electrons. The van der Waals surface area contributed by atoms with Crippen LogP contribution in [0.2, 0.25) is 0 Å². The molecule has 0 radical (unpaired) electrons. The Morgan fingerprint density at radius 2 is 2.23 bits per heavy atom. The maximum absolute atomic E-state index is 11.8. The number of benzene rings is 1. The first-order chi connectivity index (χ1) is 10.7. The fourth-order valence-corrected chi connectivity index (χ4v) is 2.01. The van der Waals surface area contributed by atoms with Gasteiger partial charge in [0.1, 0.15) is 11.6 Å². The van der Waals surface area contributed by atoms with Crippen molar-refractivity contribution >= 4 is 12.0 Å². The van der Waals surface area contributed by atoms with Crippen molar-refractivity contribution in [3.05, 3.63) is 53.4 Å². The Hall–Kier alpha value is -2.87. The first kappa shape index (κ1) is 15.5. The minimum absolute atomic E-state index is 0.0813. The topological polar surface area (TPSA) is 70.7 Å². The number of amides is 1. The van der Waals surface area contributed by atoms with Crippen molar-refractivity contribution in [2.45, 2.75) is 20.3 Å². The standard InChI is InChI=1S/C17H18N4O/c1-3-8-19-17(22)15(10-18)9-14-11-20-21(12-14)16-7-5-4-6-13(16)2/h4-7,9,11-12H,3,8H2,1-2H3,(H,19,22)/b15-9+. The number of hydrogen-bond donors (Lipinski definition) is 1. The maximum atomic E-state index is 11.8. The molecule has 0 aliphatic carbocycles. The number of hydrogen-bond acceptors (Lipinski definition) is 3. The van der Waals surface area contributed by atoms with Crippen LogP contribution in [0.25, 0.3) is 11.8 Å². The lowest BCUT2D eigenvalue weighted by atomic mass is 10.2. The molecule has 0 atom stereocenters. The van der Waals surface area contributed by atoms with Crippen molar-refractivity contribution in [1.82, 2.24) is 15.1 Å². The van der Waals surface area contributed by atoms with E-state index < -0.39 is 0 Å². The molecule has 5 nitrogen and oxygen atoms in total. The second-order valence-electron chi connectivity index (χ2n) is 4.93. The van der Waals surface area contributed by atoms with Crippen LogP contribution >= 0.6 is 0 Å². The largest absolute Gasteiger partial charge is 0.351 e. The van der Waals surface area contributed by atoms with Crippen LogP contribution in [0.15, 0.2) is 42.2 Å². The highest BCUT2D eigenvalue weighted by Crippen LogP contribution is 2.14. The molecule has 0 unspecified atom stereocenters. The van der Waals surface area contributed by atoms with Gasteiger partial charge in [0.15, 0.2) is 0 Å². The maximum Gasteiger partial charge on any atom is 0.261 e.